The summed E-state index contributed by atoms with van der Waals surface area (Å²) in [7, 11) is 3.58. The predicted octanol–water partition coefficient (Wildman–Crippen LogP) is 3.01. The van der Waals surface area contributed by atoms with Gasteiger partial charge in [-0.15, -0.1) is 0 Å². The third-order valence-corrected chi connectivity index (χ3v) is 3.47. The minimum Gasteiger partial charge on any atom is -0.397 e. The van der Waals surface area contributed by atoms with Gasteiger partial charge in [-0.05, 0) is 55.3 Å². The first-order valence-electron chi connectivity index (χ1n) is 6.86. The van der Waals surface area contributed by atoms with Gasteiger partial charge in [-0.1, -0.05) is 6.07 Å². The van der Waals surface area contributed by atoms with E-state index in [0.717, 1.165) is 11.4 Å². The van der Waals surface area contributed by atoms with Crippen LogP contribution in [0.2, 0.25) is 0 Å². The first-order valence-corrected chi connectivity index (χ1v) is 6.86. The van der Waals surface area contributed by atoms with Crippen molar-refractivity contribution in [1.29, 1.82) is 0 Å². The van der Waals surface area contributed by atoms with Crippen LogP contribution in [-0.2, 0) is 0 Å². The molecule has 2 aromatic carbocycles. The number of rotatable bonds is 3. The molecule has 0 aliphatic rings. The van der Waals surface area contributed by atoms with Gasteiger partial charge in [0.05, 0.1) is 11.4 Å². The van der Waals surface area contributed by atoms with Gasteiger partial charge in [0.15, 0.2) is 0 Å². The molecule has 0 radical (unpaired) electrons. The molecule has 4 heteroatoms. The Hall–Kier alpha value is -2.49. The summed E-state index contributed by atoms with van der Waals surface area (Å²) in [6.45, 7) is 4.14. The number of nitrogens with one attached hydrogen (secondary N) is 1. The molecule has 0 aromatic heterocycles. The van der Waals surface area contributed by atoms with Crippen LogP contribution in [-0.4, -0.2) is 20.0 Å². The second-order valence-corrected chi connectivity index (χ2v) is 5.26. The summed E-state index contributed by atoms with van der Waals surface area (Å²) in [6.07, 6.45) is 0. The molecule has 0 unspecified atom stereocenters. The SMILES string of the molecule is CNC(=O)c1ccc(N(C)c2cc(C)cc(C)c2)c(N)c1. The van der Waals surface area contributed by atoms with E-state index >= 15 is 0 Å². The van der Waals surface area contributed by atoms with E-state index in [-0.39, 0.29) is 5.91 Å². The molecular formula is C17H21N3O. The topological polar surface area (TPSA) is 58.4 Å². The molecule has 0 fully saturated rings. The standard InChI is InChI=1S/C17H21N3O/c1-11-7-12(2)9-14(8-11)20(4)16-6-5-13(10-15(16)18)17(21)19-3/h5-10H,18H2,1-4H3,(H,19,21). The van der Waals surface area contributed by atoms with Gasteiger partial charge < -0.3 is 16.0 Å². The lowest BCUT2D eigenvalue weighted by Crippen LogP contribution is -2.18. The van der Waals surface area contributed by atoms with Crippen molar-refractivity contribution in [1.82, 2.24) is 5.32 Å². The number of nitrogens with two attached hydrogens (primary N) is 1. The van der Waals surface area contributed by atoms with Gasteiger partial charge in [0, 0.05) is 25.3 Å². The maximum Gasteiger partial charge on any atom is 0.251 e. The quantitative estimate of drug-likeness (QED) is 0.851. The van der Waals surface area contributed by atoms with Crippen molar-refractivity contribution < 1.29 is 4.79 Å². The lowest BCUT2D eigenvalue weighted by Gasteiger charge is -2.22. The smallest absolute Gasteiger partial charge is 0.251 e. The second kappa shape index (κ2) is 5.87. The third-order valence-electron chi connectivity index (χ3n) is 3.47. The monoisotopic (exact) mass is 283 g/mol. The number of anilines is 3. The Bertz CT molecular complexity index is 659. The Labute approximate surface area is 125 Å². The van der Waals surface area contributed by atoms with Crippen molar-refractivity contribution in [3.8, 4) is 0 Å². The zero-order valence-electron chi connectivity index (χ0n) is 12.9. The predicted molar refractivity (Wildman–Crippen MR) is 88.2 cm³/mol. The van der Waals surface area contributed by atoms with E-state index in [0.29, 0.717) is 11.3 Å². The van der Waals surface area contributed by atoms with E-state index in [9.17, 15) is 4.79 Å². The van der Waals surface area contributed by atoms with Crippen LogP contribution in [0.15, 0.2) is 36.4 Å². The number of benzene rings is 2. The summed E-state index contributed by atoms with van der Waals surface area (Å²) in [5, 5.41) is 2.60. The van der Waals surface area contributed by atoms with Crippen molar-refractivity contribution >= 4 is 23.0 Å². The van der Waals surface area contributed by atoms with Gasteiger partial charge in [-0.25, -0.2) is 0 Å². The summed E-state index contributed by atoms with van der Waals surface area (Å²) in [5.74, 6) is -0.137. The summed E-state index contributed by atoms with van der Waals surface area (Å²) in [6, 6.07) is 11.7. The highest BCUT2D eigenvalue weighted by Crippen LogP contribution is 2.30. The lowest BCUT2D eigenvalue weighted by molar-refractivity contribution is 0.0963. The highest BCUT2D eigenvalue weighted by molar-refractivity contribution is 5.96. The van der Waals surface area contributed by atoms with Gasteiger partial charge in [-0.3, -0.25) is 4.79 Å². The molecule has 0 saturated heterocycles. The zero-order valence-corrected chi connectivity index (χ0v) is 12.9. The number of hydrogen-bond acceptors (Lipinski definition) is 3. The average Bonchev–Trinajstić information content (AvgIpc) is 2.44. The number of aryl methyl sites for hydroxylation is 2. The Morgan fingerprint density at radius 2 is 1.71 bits per heavy atom. The molecule has 0 aliphatic heterocycles. The van der Waals surface area contributed by atoms with Crippen LogP contribution >= 0.6 is 0 Å². The van der Waals surface area contributed by atoms with E-state index < -0.39 is 0 Å². The summed E-state index contributed by atoms with van der Waals surface area (Å²) in [4.78, 5) is 13.7. The number of amides is 1. The summed E-state index contributed by atoms with van der Waals surface area (Å²) < 4.78 is 0. The molecule has 3 N–H and O–H groups in total. The van der Waals surface area contributed by atoms with E-state index in [1.54, 1.807) is 19.2 Å². The number of carbonyl (C=O) groups is 1. The molecule has 0 saturated carbocycles. The molecule has 2 rings (SSSR count). The van der Waals surface area contributed by atoms with E-state index in [4.69, 9.17) is 5.73 Å². The molecular weight excluding hydrogens is 262 g/mol. The van der Waals surface area contributed by atoms with Crippen molar-refractivity contribution in [2.75, 3.05) is 24.7 Å². The molecule has 21 heavy (non-hydrogen) atoms. The molecule has 0 atom stereocenters. The van der Waals surface area contributed by atoms with Crippen LogP contribution in [0.5, 0.6) is 0 Å². The zero-order chi connectivity index (χ0) is 15.6. The Morgan fingerprint density at radius 3 is 2.24 bits per heavy atom. The van der Waals surface area contributed by atoms with E-state index in [1.807, 2.05) is 18.0 Å². The van der Waals surface area contributed by atoms with Crippen molar-refractivity contribution in [3.05, 3.63) is 53.1 Å². The number of hydrogen-bond donors (Lipinski definition) is 2. The average molecular weight is 283 g/mol. The number of carbonyl (C=O) groups excluding carboxylic acids is 1. The highest BCUT2D eigenvalue weighted by atomic mass is 16.1. The van der Waals surface area contributed by atoms with Gasteiger partial charge >= 0.3 is 0 Å². The molecule has 2 aromatic rings. The fraction of sp³-hybridized carbons (Fsp3) is 0.235. The van der Waals surface area contributed by atoms with Crippen molar-refractivity contribution in [3.63, 3.8) is 0 Å². The molecule has 1 amide bonds. The normalized spacial score (nSPS) is 10.3. The molecule has 0 bridgehead atoms. The third kappa shape index (κ3) is 3.16. The maximum absolute atomic E-state index is 11.6. The number of nitrogens with zero attached hydrogens (tertiary/aromatic N) is 1. The molecule has 110 valence electrons. The largest absolute Gasteiger partial charge is 0.397 e. The maximum atomic E-state index is 11.6. The van der Waals surface area contributed by atoms with Gasteiger partial charge in [0.2, 0.25) is 0 Å². The minimum absolute atomic E-state index is 0.137. The van der Waals surface area contributed by atoms with Crippen LogP contribution < -0.4 is 16.0 Å². The van der Waals surface area contributed by atoms with Crippen molar-refractivity contribution in [2.24, 2.45) is 0 Å². The van der Waals surface area contributed by atoms with E-state index in [2.05, 4.69) is 37.4 Å². The van der Waals surface area contributed by atoms with Gasteiger partial charge in [0.25, 0.3) is 5.91 Å². The van der Waals surface area contributed by atoms with Crippen LogP contribution in [0.1, 0.15) is 21.5 Å². The van der Waals surface area contributed by atoms with Crippen LogP contribution in [0.4, 0.5) is 17.1 Å². The Morgan fingerprint density at radius 1 is 1.10 bits per heavy atom. The van der Waals surface area contributed by atoms with Crippen LogP contribution in [0.3, 0.4) is 0 Å². The van der Waals surface area contributed by atoms with E-state index in [1.165, 1.54) is 11.1 Å². The van der Waals surface area contributed by atoms with Crippen molar-refractivity contribution in [2.45, 2.75) is 13.8 Å². The van der Waals surface area contributed by atoms with Crippen LogP contribution in [0.25, 0.3) is 0 Å². The fourth-order valence-electron chi connectivity index (χ4n) is 2.43. The fourth-order valence-corrected chi connectivity index (χ4v) is 2.43. The minimum atomic E-state index is -0.137. The highest BCUT2D eigenvalue weighted by Gasteiger charge is 2.11. The van der Waals surface area contributed by atoms with Gasteiger partial charge in [-0.2, -0.15) is 0 Å². The van der Waals surface area contributed by atoms with Gasteiger partial charge in [0.1, 0.15) is 0 Å². The second-order valence-electron chi connectivity index (χ2n) is 5.26. The Balaban J connectivity index is 2.39. The molecule has 0 aliphatic carbocycles. The first-order chi connectivity index (χ1) is 9.92. The lowest BCUT2D eigenvalue weighted by atomic mass is 10.1. The first kappa shape index (κ1) is 14.9. The van der Waals surface area contributed by atoms with Crippen LogP contribution in [0, 0.1) is 13.8 Å². The summed E-state index contributed by atoms with van der Waals surface area (Å²) in [5.41, 5.74) is 11.6. The summed E-state index contributed by atoms with van der Waals surface area (Å²) >= 11 is 0. The molecule has 0 spiro atoms. The molecule has 0 heterocycles. The Kier molecular flexibility index (Phi) is 4.17. The molecule has 4 nitrogen and oxygen atoms in total. The number of nitrogen functional groups attached to an aromatic ring is 1.